The molecule has 17 heavy (non-hydrogen) atoms. The summed E-state index contributed by atoms with van der Waals surface area (Å²) in [5, 5.41) is 4.50. The van der Waals surface area contributed by atoms with E-state index in [9.17, 15) is 4.79 Å². The Balaban J connectivity index is 1.93. The predicted octanol–water partition coefficient (Wildman–Crippen LogP) is 2.15. The Morgan fingerprint density at radius 1 is 1.47 bits per heavy atom. The zero-order valence-corrected chi connectivity index (χ0v) is 10.4. The molecule has 1 saturated carbocycles. The first-order valence-corrected chi connectivity index (χ1v) is 6.34. The van der Waals surface area contributed by atoms with Crippen LogP contribution in [-0.4, -0.2) is 29.3 Å². The van der Waals surface area contributed by atoms with Crippen molar-refractivity contribution in [3.8, 4) is 0 Å². The lowest BCUT2D eigenvalue weighted by molar-refractivity contribution is -0.122. The fourth-order valence-electron chi connectivity index (χ4n) is 2.43. The van der Waals surface area contributed by atoms with Crippen LogP contribution in [0.1, 0.15) is 43.8 Å². The SMILES string of the molecule is COCC(=O)Cc1ccn(C2CCCCC2)n1. The van der Waals surface area contributed by atoms with Crippen LogP contribution in [0.25, 0.3) is 0 Å². The molecule has 0 N–H and O–H groups in total. The molecule has 4 nitrogen and oxygen atoms in total. The maximum absolute atomic E-state index is 11.4. The van der Waals surface area contributed by atoms with Crippen LogP contribution >= 0.6 is 0 Å². The van der Waals surface area contributed by atoms with Crippen molar-refractivity contribution in [3.05, 3.63) is 18.0 Å². The highest BCUT2D eigenvalue weighted by molar-refractivity contribution is 5.81. The molecule has 1 fully saturated rings. The molecule has 0 aliphatic heterocycles. The van der Waals surface area contributed by atoms with Gasteiger partial charge in [-0.25, -0.2) is 0 Å². The molecule has 4 heteroatoms. The summed E-state index contributed by atoms with van der Waals surface area (Å²) in [5.41, 5.74) is 0.859. The molecule has 1 aromatic heterocycles. The number of hydrogen-bond acceptors (Lipinski definition) is 3. The van der Waals surface area contributed by atoms with E-state index < -0.39 is 0 Å². The Morgan fingerprint density at radius 3 is 2.94 bits per heavy atom. The Hall–Kier alpha value is -1.16. The fraction of sp³-hybridized carbons (Fsp3) is 0.692. The molecular formula is C13H20N2O2. The first-order valence-electron chi connectivity index (χ1n) is 6.34. The molecule has 0 unspecified atom stereocenters. The average molecular weight is 236 g/mol. The predicted molar refractivity (Wildman–Crippen MR) is 64.9 cm³/mol. The van der Waals surface area contributed by atoms with Crippen LogP contribution in [0.4, 0.5) is 0 Å². The van der Waals surface area contributed by atoms with Gasteiger partial charge in [-0.05, 0) is 18.9 Å². The smallest absolute Gasteiger partial charge is 0.164 e. The van der Waals surface area contributed by atoms with Crippen molar-refractivity contribution < 1.29 is 9.53 Å². The summed E-state index contributed by atoms with van der Waals surface area (Å²) in [6.45, 7) is 0.177. The van der Waals surface area contributed by atoms with Gasteiger partial charge >= 0.3 is 0 Å². The van der Waals surface area contributed by atoms with Gasteiger partial charge in [0.05, 0.1) is 18.2 Å². The van der Waals surface area contributed by atoms with E-state index in [4.69, 9.17) is 4.74 Å². The number of carbonyl (C=O) groups excluding carboxylic acids is 1. The van der Waals surface area contributed by atoms with E-state index in [1.54, 1.807) is 7.11 Å². The van der Waals surface area contributed by atoms with Gasteiger partial charge < -0.3 is 4.74 Å². The highest BCUT2D eigenvalue weighted by Gasteiger charge is 2.16. The lowest BCUT2D eigenvalue weighted by Gasteiger charge is -2.21. The molecule has 0 radical (unpaired) electrons. The molecule has 0 amide bonds. The normalized spacial score (nSPS) is 17.2. The third-order valence-corrected chi connectivity index (χ3v) is 3.30. The Morgan fingerprint density at radius 2 is 2.24 bits per heavy atom. The maximum Gasteiger partial charge on any atom is 0.164 e. The van der Waals surface area contributed by atoms with Crippen molar-refractivity contribution in [2.75, 3.05) is 13.7 Å². The van der Waals surface area contributed by atoms with E-state index >= 15 is 0 Å². The number of ketones is 1. The summed E-state index contributed by atoms with van der Waals surface area (Å²) >= 11 is 0. The van der Waals surface area contributed by atoms with E-state index in [0.717, 1.165) is 5.69 Å². The molecule has 1 heterocycles. The minimum atomic E-state index is 0.0846. The number of nitrogens with zero attached hydrogens (tertiary/aromatic N) is 2. The number of rotatable bonds is 5. The first-order chi connectivity index (χ1) is 8.29. The largest absolute Gasteiger partial charge is 0.377 e. The molecule has 0 spiro atoms. The van der Waals surface area contributed by atoms with Crippen LogP contribution in [0.2, 0.25) is 0 Å². The zero-order chi connectivity index (χ0) is 12.1. The van der Waals surface area contributed by atoms with Gasteiger partial charge in [0.15, 0.2) is 5.78 Å². The van der Waals surface area contributed by atoms with Gasteiger partial charge in [0.1, 0.15) is 6.61 Å². The Bertz CT molecular complexity index is 367. The zero-order valence-electron chi connectivity index (χ0n) is 10.4. The molecule has 1 aliphatic carbocycles. The van der Waals surface area contributed by atoms with Crippen molar-refractivity contribution in [1.29, 1.82) is 0 Å². The molecule has 0 atom stereocenters. The highest BCUT2D eigenvalue weighted by atomic mass is 16.5. The number of Topliss-reactive ketones (excluding diaryl/α,β-unsaturated/α-hetero) is 1. The number of aromatic nitrogens is 2. The van der Waals surface area contributed by atoms with Crippen LogP contribution in [0, 0.1) is 0 Å². The molecule has 1 aromatic rings. The van der Waals surface area contributed by atoms with Crippen LogP contribution in [0.15, 0.2) is 12.3 Å². The van der Waals surface area contributed by atoms with Gasteiger partial charge in [0.2, 0.25) is 0 Å². The molecule has 0 aromatic carbocycles. The summed E-state index contributed by atoms with van der Waals surface area (Å²) < 4.78 is 6.85. The standard InChI is InChI=1S/C13H20N2O2/c1-17-10-13(16)9-11-7-8-15(14-11)12-5-3-2-4-6-12/h7-8,12H,2-6,9-10H2,1H3. The van der Waals surface area contributed by atoms with E-state index in [2.05, 4.69) is 5.10 Å². The average Bonchev–Trinajstić information content (AvgIpc) is 2.79. The van der Waals surface area contributed by atoms with Crippen LogP contribution in [-0.2, 0) is 16.0 Å². The quantitative estimate of drug-likeness (QED) is 0.786. The molecule has 0 bridgehead atoms. The second-order valence-corrected chi connectivity index (χ2v) is 4.73. The Kier molecular flexibility index (Phi) is 4.31. The van der Waals surface area contributed by atoms with Crippen molar-refractivity contribution >= 4 is 5.78 Å². The second kappa shape index (κ2) is 5.96. The molecule has 0 saturated heterocycles. The summed E-state index contributed by atoms with van der Waals surface area (Å²) in [4.78, 5) is 11.4. The molecule has 2 rings (SSSR count). The molecule has 1 aliphatic rings. The molecular weight excluding hydrogens is 216 g/mol. The minimum Gasteiger partial charge on any atom is -0.377 e. The fourth-order valence-corrected chi connectivity index (χ4v) is 2.43. The van der Waals surface area contributed by atoms with E-state index in [1.807, 2.05) is 16.9 Å². The monoisotopic (exact) mass is 236 g/mol. The highest BCUT2D eigenvalue weighted by Crippen LogP contribution is 2.27. The van der Waals surface area contributed by atoms with Gasteiger partial charge in [0, 0.05) is 13.3 Å². The van der Waals surface area contributed by atoms with Crippen LogP contribution in [0.3, 0.4) is 0 Å². The van der Waals surface area contributed by atoms with Crippen molar-refractivity contribution in [3.63, 3.8) is 0 Å². The number of ether oxygens (including phenoxy) is 1. The summed E-state index contributed by atoms with van der Waals surface area (Å²) in [5.74, 6) is 0.0846. The van der Waals surface area contributed by atoms with Gasteiger partial charge in [-0.15, -0.1) is 0 Å². The third kappa shape index (κ3) is 3.40. The summed E-state index contributed by atoms with van der Waals surface area (Å²) in [6, 6.07) is 2.48. The first kappa shape index (κ1) is 12.3. The minimum absolute atomic E-state index is 0.0846. The van der Waals surface area contributed by atoms with Crippen molar-refractivity contribution in [2.45, 2.75) is 44.6 Å². The second-order valence-electron chi connectivity index (χ2n) is 4.73. The molecule has 94 valence electrons. The van der Waals surface area contributed by atoms with E-state index in [0.29, 0.717) is 12.5 Å². The van der Waals surface area contributed by atoms with Crippen LogP contribution in [0.5, 0.6) is 0 Å². The van der Waals surface area contributed by atoms with Gasteiger partial charge in [-0.3, -0.25) is 9.48 Å². The van der Waals surface area contributed by atoms with Crippen molar-refractivity contribution in [2.24, 2.45) is 0 Å². The summed E-state index contributed by atoms with van der Waals surface area (Å²) in [7, 11) is 1.54. The van der Waals surface area contributed by atoms with Gasteiger partial charge in [-0.2, -0.15) is 5.10 Å². The van der Waals surface area contributed by atoms with Crippen molar-refractivity contribution in [1.82, 2.24) is 9.78 Å². The van der Waals surface area contributed by atoms with E-state index in [-0.39, 0.29) is 12.4 Å². The van der Waals surface area contributed by atoms with Gasteiger partial charge in [0.25, 0.3) is 0 Å². The van der Waals surface area contributed by atoms with Gasteiger partial charge in [-0.1, -0.05) is 19.3 Å². The number of hydrogen-bond donors (Lipinski definition) is 0. The van der Waals surface area contributed by atoms with Crippen LogP contribution < -0.4 is 0 Å². The lowest BCUT2D eigenvalue weighted by atomic mass is 9.96. The lowest BCUT2D eigenvalue weighted by Crippen LogP contribution is -2.14. The number of methoxy groups -OCH3 is 1. The Labute approximate surface area is 102 Å². The number of carbonyl (C=O) groups is 1. The maximum atomic E-state index is 11.4. The summed E-state index contributed by atoms with van der Waals surface area (Å²) in [6.07, 6.45) is 8.75. The topological polar surface area (TPSA) is 44.1 Å². The van der Waals surface area contributed by atoms with E-state index in [1.165, 1.54) is 32.1 Å². The third-order valence-electron chi connectivity index (χ3n) is 3.30.